The third-order valence-corrected chi connectivity index (χ3v) is 5.08. The summed E-state index contributed by atoms with van der Waals surface area (Å²) >= 11 is 12.5. The lowest BCUT2D eigenvalue weighted by Crippen LogP contribution is -2.42. The molecule has 0 aliphatic heterocycles. The molecule has 0 aliphatic rings. The molecule has 0 saturated carbocycles. The number of hydrogen-bond acceptors (Lipinski definition) is 4. The van der Waals surface area contributed by atoms with Gasteiger partial charge in [-0.15, -0.1) is 5.10 Å². The molecule has 3 N–H and O–H groups in total. The zero-order chi connectivity index (χ0) is 21.3. The van der Waals surface area contributed by atoms with Gasteiger partial charge in [0.2, 0.25) is 5.82 Å². The number of rotatable bonds is 4. The number of carbonyl (C=O) groups is 2. The summed E-state index contributed by atoms with van der Waals surface area (Å²) in [5.74, 6) is -0.759. The molecule has 0 spiro atoms. The number of halogens is 2. The molecular formula is C20H16Cl2N6O2. The molecule has 0 radical (unpaired) electrons. The predicted octanol–water partition coefficient (Wildman–Crippen LogP) is 3.69. The Morgan fingerprint density at radius 3 is 2.47 bits per heavy atom. The summed E-state index contributed by atoms with van der Waals surface area (Å²) in [5.41, 5.74) is 6.38. The highest BCUT2D eigenvalue weighted by Gasteiger charge is 2.20. The minimum absolute atomic E-state index is 0.123. The molecule has 2 amide bonds. The Balaban J connectivity index is 1.54. The molecule has 10 heteroatoms. The monoisotopic (exact) mass is 442 g/mol. The number of H-pyrrole nitrogens is 1. The molecule has 2 heterocycles. The number of aromatic nitrogens is 4. The van der Waals surface area contributed by atoms with Gasteiger partial charge in [0.1, 0.15) is 11.5 Å². The van der Waals surface area contributed by atoms with Gasteiger partial charge in [0.05, 0.1) is 15.6 Å². The van der Waals surface area contributed by atoms with E-state index in [0.29, 0.717) is 33.5 Å². The standard InChI is InChI=1S/C20H16Cl2N6O2/c1-2-16-24-18(27-28(16)17-13(21)7-5-8-14(17)22)20(30)26-25-19(29)12-10-23-15-9-4-3-6-11(12)15/h3-10,23H,2H2,1H3,(H,25,29)(H,26,30). The third-order valence-electron chi connectivity index (χ3n) is 4.47. The predicted molar refractivity (Wildman–Crippen MR) is 114 cm³/mol. The van der Waals surface area contributed by atoms with Gasteiger partial charge in [0, 0.05) is 23.5 Å². The van der Waals surface area contributed by atoms with Gasteiger partial charge in [-0.25, -0.2) is 9.67 Å². The minimum Gasteiger partial charge on any atom is -0.360 e. The Hall–Kier alpha value is -3.36. The van der Waals surface area contributed by atoms with Crippen molar-refractivity contribution >= 4 is 45.9 Å². The highest BCUT2D eigenvalue weighted by molar-refractivity contribution is 6.37. The Morgan fingerprint density at radius 2 is 1.73 bits per heavy atom. The van der Waals surface area contributed by atoms with Gasteiger partial charge in [-0.05, 0) is 18.2 Å². The van der Waals surface area contributed by atoms with E-state index >= 15 is 0 Å². The van der Waals surface area contributed by atoms with Crippen molar-refractivity contribution in [3.05, 3.63) is 75.9 Å². The van der Waals surface area contributed by atoms with Gasteiger partial charge >= 0.3 is 5.91 Å². The molecule has 4 rings (SSSR count). The molecule has 0 atom stereocenters. The van der Waals surface area contributed by atoms with Gasteiger partial charge in [-0.3, -0.25) is 20.4 Å². The molecule has 0 saturated heterocycles. The van der Waals surface area contributed by atoms with Crippen molar-refractivity contribution in [3.63, 3.8) is 0 Å². The first-order valence-corrected chi connectivity index (χ1v) is 9.82. The number of hydrazine groups is 1. The maximum Gasteiger partial charge on any atom is 0.309 e. The number of amides is 2. The molecule has 4 aromatic rings. The molecular weight excluding hydrogens is 427 g/mol. The van der Waals surface area contributed by atoms with E-state index in [0.717, 1.165) is 10.9 Å². The van der Waals surface area contributed by atoms with E-state index < -0.39 is 11.8 Å². The van der Waals surface area contributed by atoms with E-state index in [4.69, 9.17) is 23.2 Å². The normalized spacial score (nSPS) is 10.9. The first-order chi connectivity index (χ1) is 14.5. The van der Waals surface area contributed by atoms with Crippen LogP contribution in [0.25, 0.3) is 16.6 Å². The zero-order valence-electron chi connectivity index (χ0n) is 15.7. The van der Waals surface area contributed by atoms with E-state index in [9.17, 15) is 9.59 Å². The molecule has 152 valence electrons. The summed E-state index contributed by atoms with van der Waals surface area (Å²) < 4.78 is 1.43. The Morgan fingerprint density at radius 1 is 1.03 bits per heavy atom. The van der Waals surface area contributed by atoms with Crippen molar-refractivity contribution in [1.82, 2.24) is 30.6 Å². The number of aromatic amines is 1. The van der Waals surface area contributed by atoms with Crippen LogP contribution in [0.5, 0.6) is 0 Å². The number of nitrogens with one attached hydrogen (secondary N) is 3. The second-order valence-electron chi connectivity index (χ2n) is 6.34. The van der Waals surface area contributed by atoms with Crippen LogP contribution >= 0.6 is 23.2 Å². The zero-order valence-corrected chi connectivity index (χ0v) is 17.3. The van der Waals surface area contributed by atoms with Crippen LogP contribution in [0.1, 0.15) is 33.7 Å². The average Bonchev–Trinajstić information content (AvgIpc) is 3.36. The van der Waals surface area contributed by atoms with E-state index in [1.165, 1.54) is 4.68 Å². The van der Waals surface area contributed by atoms with Crippen molar-refractivity contribution in [2.24, 2.45) is 0 Å². The highest BCUT2D eigenvalue weighted by Crippen LogP contribution is 2.28. The fourth-order valence-electron chi connectivity index (χ4n) is 3.04. The first kappa shape index (κ1) is 19.9. The molecule has 0 fully saturated rings. The van der Waals surface area contributed by atoms with Gasteiger partial charge < -0.3 is 4.98 Å². The number of benzene rings is 2. The maximum atomic E-state index is 12.5. The van der Waals surface area contributed by atoms with Crippen LogP contribution in [0.15, 0.2) is 48.7 Å². The molecule has 30 heavy (non-hydrogen) atoms. The molecule has 2 aromatic carbocycles. The lowest BCUT2D eigenvalue weighted by atomic mass is 10.2. The second-order valence-corrected chi connectivity index (χ2v) is 7.16. The second kappa shape index (κ2) is 8.17. The topological polar surface area (TPSA) is 105 Å². The largest absolute Gasteiger partial charge is 0.360 e. The molecule has 0 aliphatic carbocycles. The molecule has 0 bridgehead atoms. The summed E-state index contributed by atoms with van der Waals surface area (Å²) in [4.78, 5) is 32.2. The summed E-state index contributed by atoms with van der Waals surface area (Å²) in [7, 11) is 0. The highest BCUT2D eigenvalue weighted by atomic mass is 35.5. The molecule has 8 nitrogen and oxygen atoms in total. The van der Waals surface area contributed by atoms with Crippen molar-refractivity contribution in [2.45, 2.75) is 13.3 Å². The van der Waals surface area contributed by atoms with Crippen LogP contribution in [0, 0.1) is 0 Å². The van der Waals surface area contributed by atoms with Crippen LogP contribution in [-0.2, 0) is 6.42 Å². The smallest absolute Gasteiger partial charge is 0.309 e. The van der Waals surface area contributed by atoms with Gasteiger partial charge in [-0.2, -0.15) is 0 Å². The lowest BCUT2D eigenvalue weighted by Gasteiger charge is -2.08. The van der Waals surface area contributed by atoms with Gasteiger partial charge in [-0.1, -0.05) is 54.4 Å². The lowest BCUT2D eigenvalue weighted by molar-refractivity contribution is 0.0842. The number of carbonyl (C=O) groups excluding carboxylic acids is 2. The van der Waals surface area contributed by atoms with Crippen molar-refractivity contribution in [3.8, 4) is 5.69 Å². The summed E-state index contributed by atoms with van der Waals surface area (Å²) in [5, 5.41) is 5.73. The number of hydrogen-bond donors (Lipinski definition) is 3. The van der Waals surface area contributed by atoms with Crippen LogP contribution in [0.4, 0.5) is 0 Å². The summed E-state index contributed by atoms with van der Waals surface area (Å²) in [6.45, 7) is 1.87. The average molecular weight is 443 g/mol. The van der Waals surface area contributed by atoms with E-state index in [-0.39, 0.29) is 5.82 Å². The van der Waals surface area contributed by atoms with Crippen LogP contribution < -0.4 is 10.9 Å². The molecule has 0 unspecified atom stereocenters. The van der Waals surface area contributed by atoms with E-state index in [2.05, 4.69) is 25.9 Å². The summed E-state index contributed by atoms with van der Waals surface area (Å²) in [6, 6.07) is 12.4. The number of aryl methyl sites for hydroxylation is 1. The van der Waals surface area contributed by atoms with Crippen molar-refractivity contribution < 1.29 is 9.59 Å². The fraction of sp³-hybridized carbons (Fsp3) is 0.100. The Bertz CT molecular complexity index is 1240. The van der Waals surface area contributed by atoms with E-state index in [1.807, 2.05) is 31.2 Å². The minimum atomic E-state index is -0.667. The Labute approximate surface area is 181 Å². The summed E-state index contributed by atoms with van der Waals surface area (Å²) in [6.07, 6.45) is 2.07. The van der Waals surface area contributed by atoms with Crippen LogP contribution in [-0.4, -0.2) is 31.6 Å². The molecule has 2 aromatic heterocycles. The number of fused-ring (bicyclic) bond motifs is 1. The van der Waals surface area contributed by atoms with Crippen molar-refractivity contribution in [2.75, 3.05) is 0 Å². The third kappa shape index (κ3) is 3.62. The van der Waals surface area contributed by atoms with E-state index in [1.54, 1.807) is 24.4 Å². The van der Waals surface area contributed by atoms with Gasteiger partial charge in [0.15, 0.2) is 0 Å². The van der Waals surface area contributed by atoms with Crippen LogP contribution in [0.2, 0.25) is 10.0 Å². The maximum absolute atomic E-state index is 12.5. The van der Waals surface area contributed by atoms with Gasteiger partial charge in [0.25, 0.3) is 5.91 Å². The van der Waals surface area contributed by atoms with Crippen LogP contribution in [0.3, 0.4) is 0 Å². The number of nitrogens with zero attached hydrogens (tertiary/aromatic N) is 3. The fourth-order valence-corrected chi connectivity index (χ4v) is 3.59. The SMILES string of the molecule is CCc1nc(C(=O)NNC(=O)c2c[nH]c3ccccc23)nn1-c1c(Cl)cccc1Cl. The first-order valence-electron chi connectivity index (χ1n) is 9.06. The quantitative estimate of drug-likeness (QED) is 0.419. The van der Waals surface area contributed by atoms with Crippen molar-refractivity contribution in [1.29, 1.82) is 0 Å². The Kier molecular flexibility index (Phi) is 5.43. The number of para-hydroxylation sites is 2.